The first-order chi connectivity index (χ1) is 16.4. The molecule has 0 bridgehead atoms. The minimum atomic E-state index is -1.08. The van der Waals surface area contributed by atoms with E-state index in [1.54, 1.807) is 30.3 Å². The maximum Gasteiger partial charge on any atom is 0.201 e. The van der Waals surface area contributed by atoms with Crippen molar-refractivity contribution in [3.63, 3.8) is 0 Å². The quantitative estimate of drug-likeness (QED) is 0.257. The van der Waals surface area contributed by atoms with E-state index in [0.29, 0.717) is 30.1 Å². The van der Waals surface area contributed by atoms with Gasteiger partial charge in [-0.3, -0.25) is 0 Å². The summed E-state index contributed by atoms with van der Waals surface area (Å²) in [6.07, 6.45) is 4.82. The second-order valence-corrected chi connectivity index (χ2v) is 8.48. The Bertz CT molecular complexity index is 1170. The first-order valence-corrected chi connectivity index (χ1v) is 11.3. The molecule has 4 rings (SSSR count). The van der Waals surface area contributed by atoms with Gasteiger partial charge in [0.1, 0.15) is 0 Å². The molecule has 3 aromatic rings. The van der Waals surface area contributed by atoms with Crippen LogP contribution in [0.1, 0.15) is 37.4 Å². The molecule has 6 heteroatoms. The molecule has 0 spiro atoms. The Morgan fingerprint density at radius 3 is 2.03 bits per heavy atom. The Balaban J connectivity index is 1.54. The highest BCUT2D eigenvalue weighted by Crippen LogP contribution is 2.37. The molecule has 0 radical (unpaired) electrons. The van der Waals surface area contributed by atoms with E-state index in [1.807, 2.05) is 6.08 Å². The zero-order chi connectivity index (χ0) is 24.2. The van der Waals surface area contributed by atoms with Crippen molar-refractivity contribution < 1.29 is 27.0 Å². The minimum absolute atomic E-state index is 0.0488. The molecule has 0 amide bonds. The number of allylic oxidation sites excluding steroid dienone is 1. The molecule has 1 heterocycles. The van der Waals surface area contributed by atoms with Crippen molar-refractivity contribution in [2.24, 2.45) is 5.92 Å². The van der Waals surface area contributed by atoms with E-state index < -0.39 is 29.4 Å². The molecule has 3 aromatic carbocycles. The van der Waals surface area contributed by atoms with Gasteiger partial charge in [0.2, 0.25) is 5.82 Å². The van der Waals surface area contributed by atoms with Gasteiger partial charge in [-0.25, -0.2) is 13.2 Å². The SMILES string of the molecule is C=CCCC1CCC(c2ccc(-c3ccc(-c4ccc(OC)c(F)c4F)cc3)c(F)c2F)OC1. The van der Waals surface area contributed by atoms with Gasteiger partial charge in [-0.2, -0.15) is 4.39 Å². The number of hydrogen-bond donors (Lipinski definition) is 0. The average Bonchev–Trinajstić information content (AvgIpc) is 2.87. The Kier molecular flexibility index (Phi) is 7.37. The molecule has 0 N–H and O–H groups in total. The lowest BCUT2D eigenvalue weighted by Crippen LogP contribution is -2.21. The highest BCUT2D eigenvalue weighted by Gasteiger charge is 2.27. The summed E-state index contributed by atoms with van der Waals surface area (Å²) in [4.78, 5) is 0. The van der Waals surface area contributed by atoms with Crippen molar-refractivity contribution in [1.29, 1.82) is 0 Å². The van der Waals surface area contributed by atoms with Gasteiger partial charge in [0.05, 0.1) is 19.8 Å². The molecule has 2 atom stereocenters. The standard InChI is InChI=1S/C28H26F4O2/c1-3-4-5-17-6-14-23(34-16-17)22-12-11-20(25(29)27(22)31)18-7-9-19(10-8-18)21-13-15-24(33-2)28(32)26(21)30/h3,7-13,15,17,23H,1,4-6,14,16H2,2H3. The number of halogens is 4. The molecule has 2 unspecified atom stereocenters. The van der Waals surface area contributed by atoms with Crippen LogP contribution >= 0.6 is 0 Å². The van der Waals surface area contributed by atoms with Crippen LogP contribution in [0, 0.1) is 29.2 Å². The van der Waals surface area contributed by atoms with E-state index in [0.717, 1.165) is 19.3 Å². The second-order valence-electron chi connectivity index (χ2n) is 8.48. The van der Waals surface area contributed by atoms with Crippen LogP contribution in [0.4, 0.5) is 17.6 Å². The summed E-state index contributed by atoms with van der Waals surface area (Å²) in [5.74, 6) is -3.77. The van der Waals surface area contributed by atoms with Crippen molar-refractivity contribution in [3.05, 3.63) is 90.0 Å². The Morgan fingerprint density at radius 2 is 1.47 bits per heavy atom. The normalized spacial score (nSPS) is 18.0. The number of benzene rings is 3. The van der Waals surface area contributed by atoms with Crippen LogP contribution in [-0.2, 0) is 4.74 Å². The summed E-state index contributed by atoms with van der Waals surface area (Å²) in [7, 11) is 1.26. The molecule has 178 valence electrons. The number of ether oxygens (including phenoxy) is 2. The molecule has 2 nitrogen and oxygen atoms in total. The summed E-state index contributed by atoms with van der Waals surface area (Å²) in [6.45, 7) is 4.25. The van der Waals surface area contributed by atoms with Crippen molar-refractivity contribution in [3.8, 4) is 28.0 Å². The topological polar surface area (TPSA) is 18.5 Å². The highest BCUT2D eigenvalue weighted by molar-refractivity contribution is 5.71. The minimum Gasteiger partial charge on any atom is -0.494 e. The maximum absolute atomic E-state index is 15.0. The third-order valence-electron chi connectivity index (χ3n) is 6.38. The van der Waals surface area contributed by atoms with Gasteiger partial charge in [-0.15, -0.1) is 6.58 Å². The number of rotatable bonds is 7. The van der Waals surface area contributed by atoms with Gasteiger partial charge in [-0.1, -0.05) is 42.5 Å². The third-order valence-corrected chi connectivity index (χ3v) is 6.38. The highest BCUT2D eigenvalue weighted by atomic mass is 19.2. The smallest absolute Gasteiger partial charge is 0.201 e. The largest absolute Gasteiger partial charge is 0.494 e. The van der Waals surface area contributed by atoms with Gasteiger partial charge >= 0.3 is 0 Å². The monoisotopic (exact) mass is 470 g/mol. The number of hydrogen-bond acceptors (Lipinski definition) is 2. The molecule has 34 heavy (non-hydrogen) atoms. The van der Waals surface area contributed by atoms with Crippen LogP contribution < -0.4 is 4.74 Å². The molecular formula is C28H26F4O2. The van der Waals surface area contributed by atoms with Crippen molar-refractivity contribution >= 4 is 0 Å². The van der Waals surface area contributed by atoms with E-state index in [4.69, 9.17) is 9.47 Å². The summed E-state index contributed by atoms with van der Waals surface area (Å²) in [5.41, 5.74) is 1.19. The van der Waals surface area contributed by atoms with Gasteiger partial charge in [0.15, 0.2) is 23.2 Å². The molecule has 1 saturated heterocycles. The summed E-state index contributed by atoms with van der Waals surface area (Å²) >= 11 is 0. The van der Waals surface area contributed by atoms with Gasteiger partial charge in [0, 0.05) is 16.7 Å². The Morgan fingerprint density at radius 1 is 0.853 bits per heavy atom. The van der Waals surface area contributed by atoms with E-state index in [1.165, 1.54) is 25.3 Å². The number of methoxy groups -OCH3 is 1. The van der Waals surface area contributed by atoms with Gasteiger partial charge in [-0.05, 0) is 54.9 Å². The van der Waals surface area contributed by atoms with Crippen LogP contribution in [0.3, 0.4) is 0 Å². The molecule has 0 aromatic heterocycles. The van der Waals surface area contributed by atoms with Gasteiger partial charge in [0.25, 0.3) is 0 Å². The van der Waals surface area contributed by atoms with Gasteiger partial charge < -0.3 is 9.47 Å². The fourth-order valence-corrected chi connectivity index (χ4v) is 4.41. The third kappa shape index (κ3) is 4.73. The lowest BCUT2D eigenvalue weighted by molar-refractivity contribution is -0.0210. The fourth-order valence-electron chi connectivity index (χ4n) is 4.41. The summed E-state index contributed by atoms with van der Waals surface area (Å²) in [6, 6.07) is 12.0. The average molecular weight is 471 g/mol. The fraction of sp³-hybridized carbons (Fsp3) is 0.286. The van der Waals surface area contributed by atoms with Crippen LogP contribution in [-0.4, -0.2) is 13.7 Å². The van der Waals surface area contributed by atoms with E-state index in [-0.39, 0.29) is 22.4 Å². The first kappa shape index (κ1) is 24.0. The van der Waals surface area contributed by atoms with Crippen molar-refractivity contribution in [2.45, 2.75) is 31.8 Å². The van der Waals surface area contributed by atoms with E-state index in [2.05, 4.69) is 6.58 Å². The second kappa shape index (κ2) is 10.4. The predicted octanol–water partition coefficient (Wildman–Crippen LogP) is 8.02. The molecule has 1 aliphatic rings. The molecule has 1 aliphatic heterocycles. The Hall–Kier alpha value is -3.12. The van der Waals surface area contributed by atoms with Crippen LogP contribution in [0.15, 0.2) is 61.2 Å². The van der Waals surface area contributed by atoms with Crippen LogP contribution in [0.25, 0.3) is 22.3 Å². The first-order valence-electron chi connectivity index (χ1n) is 11.3. The zero-order valence-electron chi connectivity index (χ0n) is 18.9. The maximum atomic E-state index is 15.0. The summed E-state index contributed by atoms with van der Waals surface area (Å²) < 4.78 is 69.1. The lowest BCUT2D eigenvalue weighted by atomic mass is 9.90. The van der Waals surface area contributed by atoms with E-state index >= 15 is 4.39 Å². The van der Waals surface area contributed by atoms with Crippen molar-refractivity contribution in [1.82, 2.24) is 0 Å². The molecule has 0 saturated carbocycles. The summed E-state index contributed by atoms with van der Waals surface area (Å²) in [5, 5.41) is 0. The lowest BCUT2D eigenvalue weighted by Gasteiger charge is -2.29. The molecule has 1 fully saturated rings. The van der Waals surface area contributed by atoms with Crippen LogP contribution in [0.2, 0.25) is 0 Å². The van der Waals surface area contributed by atoms with E-state index in [9.17, 15) is 13.2 Å². The molecular weight excluding hydrogens is 444 g/mol. The van der Waals surface area contributed by atoms with Crippen molar-refractivity contribution in [2.75, 3.05) is 13.7 Å². The zero-order valence-corrected chi connectivity index (χ0v) is 18.9. The predicted molar refractivity (Wildman–Crippen MR) is 125 cm³/mol. The Labute approximate surface area is 196 Å². The van der Waals surface area contributed by atoms with Crippen LogP contribution in [0.5, 0.6) is 5.75 Å². The molecule has 0 aliphatic carbocycles.